The molecule has 18 heavy (non-hydrogen) atoms. The third kappa shape index (κ3) is 2.09. The minimum absolute atomic E-state index is 0.181. The molecule has 92 valence electrons. The van der Waals surface area contributed by atoms with Gasteiger partial charge in [-0.25, -0.2) is 4.98 Å². The van der Waals surface area contributed by atoms with E-state index in [1.165, 1.54) is 0 Å². The smallest absolute Gasteiger partial charge is 0.295 e. The number of carbonyl (C=O) groups excluding carboxylic acids is 1. The van der Waals surface area contributed by atoms with Gasteiger partial charge in [0, 0.05) is 12.1 Å². The molecule has 0 unspecified atom stereocenters. The molecule has 0 aliphatic heterocycles. The van der Waals surface area contributed by atoms with Crippen LogP contribution in [0.25, 0.3) is 0 Å². The lowest BCUT2D eigenvalue weighted by Gasteiger charge is -2.04. The van der Waals surface area contributed by atoms with Gasteiger partial charge in [0.2, 0.25) is 5.82 Å². The molecule has 2 aromatic rings. The number of amides is 1. The molecular weight excluding hydrogens is 230 g/mol. The summed E-state index contributed by atoms with van der Waals surface area (Å²) in [6.07, 6.45) is 3.93. The number of H-pyrrole nitrogens is 1. The van der Waals surface area contributed by atoms with Gasteiger partial charge in [0.05, 0.1) is 11.4 Å². The molecular formula is C12H13N5O. The minimum Gasteiger partial charge on any atom is -0.318 e. The molecule has 0 aromatic carbocycles. The van der Waals surface area contributed by atoms with Crippen LogP contribution < -0.4 is 5.32 Å². The summed E-state index contributed by atoms with van der Waals surface area (Å²) in [6, 6.07) is 3.57. The van der Waals surface area contributed by atoms with Gasteiger partial charge < -0.3 is 5.32 Å². The highest BCUT2D eigenvalue weighted by molar-refractivity contribution is 6.01. The lowest BCUT2D eigenvalue weighted by Crippen LogP contribution is -2.14. The van der Waals surface area contributed by atoms with Crippen molar-refractivity contribution in [2.75, 3.05) is 5.32 Å². The molecule has 1 aliphatic rings. The highest BCUT2D eigenvalue weighted by atomic mass is 16.2. The van der Waals surface area contributed by atoms with Crippen LogP contribution in [-0.2, 0) is 0 Å². The Morgan fingerprint density at radius 1 is 1.50 bits per heavy atom. The highest BCUT2D eigenvalue weighted by Crippen LogP contribution is 2.37. The summed E-state index contributed by atoms with van der Waals surface area (Å²) in [5.74, 6) is 1.14. The summed E-state index contributed by atoms with van der Waals surface area (Å²) >= 11 is 0. The number of nitrogens with zero attached hydrogens (tertiary/aromatic N) is 3. The van der Waals surface area contributed by atoms with Crippen LogP contribution in [0, 0.1) is 6.92 Å². The van der Waals surface area contributed by atoms with Crippen molar-refractivity contribution in [2.45, 2.75) is 25.7 Å². The van der Waals surface area contributed by atoms with Gasteiger partial charge in [-0.1, -0.05) is 0 Å². The third-order valence-electron chi connectivity index (χ3n) is 2.92. The summed E-state index contributed by atoms with van der Waals surface area (Å²) < 4.78 is 0. The normalized spacial score (nSPS) is 14.5. The second-order valence-corrected chi connectivity index (χ2v) is 4.41. The van der Waals surface area contributed by atoms with Crippen LogP contribution in [0.3, 0.4) is 0 Å². The van der Waals surface area contributed by atoms with Crippen molar-refractivity contribution in [3.8, 4) is 0 Å². The zero-order chi connectivity index (χ0) is 12.5. The van der Waals surface area contributed by atoms with E-state index in [0.717, 1.165) is 24.4 Å². The second kappa shape index (κ2) is 4.21. The molecule has 6 nitrogen and oxygen atoms in total. The van der Waals surface area contributed by atoms with Gasteiger partial charge in [0.1, 0.15) is 5.82 Å². The van der Waals surface area contributed by atoms with Crippen LogP contribution in [0.15, 0.2) is 18.3 Å². The van der Waals surface area contributed by atoms with Crippen LogP contribution in [0.2, 0.25) is 0 Å². The van der Waals surface area contributed by atoms with Crippen molar-refractivity contribution in [2.24, 2.45) is 0 Å². The van der Waals surface area contributed by atoms with Gasteiger partial charge in [-0.15, -0.1) is 5.10 Å². The van der Waals surface area contributed by atoms with E-state index >= 15 is 0 Å². The van der Waals surface area contributed by atoms with E-state index in [0.29, 0.717) is 11.6 Å². The summed E-state index contributed by atoms with van der Waals surface area (Å²) in [6.45, 7) is 1.84. The molecule has 2 aromatic heterocycles. The van der Waals surface area contributed by atoms with Crippen LogP contribution in [-0.4, -0.2) is 26.1 Å². The molecule has 1 aliphatic carbocycles. The lowest BCUT2D eigenvalue weighted by atomic mass is 10.3. The molecule has 1 fully saturated rings. The van der Waals surface area contributed by atoms with Crippen LogP contribution in [0.4, 0.5) is 5.69 Å². The van der Waals surface area contributed by atoms with Crippen molar-refractivity contribution >= 4 is 11.6 Å². The first-order valence-corrected chi connectivity index (χ1v) is 5.89. The SMILES string of the molecule is Cc1ncccc1NC(=O)c1n[nH]c(C2CC2)n1. The molecule has 2 heterocycles. The molecule has 0 bridgehead atoms. The fraction of sp³-hybridized carbons (Fsp3) is 0.333. The number of rotatable bonds is 3. The predicted octanol–water partition coefficient (Wildman–Crippen LogP) is 1.64. The molecule has 0 radical (unpaired) electrons. The number of pyridine rings is 1. The quantitative estimate of drug-likeness (QED) is 0.858. The number of nitrogens with one attached hydrogen (secondary N) is 2. The topological polar surface area (TPSA) is 83.6 Å². The Morgan fingerprint density at radius 2 is 2.33 bits per heavy atom. The number of anilines is 1. The number of aryl methyl sites for hydroxylation is 1. The van der Waals surface area contributed by atoms with Gasteiger partial charge in [-0.2, -0.15) is 0 Å². The first-order chi connectivity index (χ1) is 8.74. The molecule has 1 amide bonds. The Hall–Kier alpha value is -2.24. The molecule has 0 spiro atoms. The predicted molar refractivity (Wildman–Crippen MR) is 65.3 cm³/mol. The van der Waals surface area contributed by atoms with Crippen molar-refractivity contribution in [3.63, 3.8) is 0 Å². The van der Waals surface area contributed by atoms with Crippen molar-refractivity contribution in [1.29, 1.82) is 0 Å². The van der Waals surface area contributed by atoms with Crippen molar-refractivity contribution in [1.82, 2.24) is 20.2 Å². The average Bonchev–Trinajstić information content (AvgIpc) is 3.10. The number of aromatic nitrogens is 4. The second-order valence-electron chi connectivity index (χ2n) is 4.41. The Bertz CT molecular complexity index is 588. The van der Waals surface area contributed by atoms with E-state index in [-0.39, 0.29) is 11.7 Å². The lowest BCUT2D eigenvalue weighted by molar-refractivity contribution is 0.101. The number of carbonyl (C=O) groups is 1. The molecule has 3 rings (SSSR count). The summed E-state index contributed by atoms with van der Waals surface area (Å²) in [7, 11) is 0. The maximum atomic E-state index is 11.9. The van der Waals surface area contributed by atoms with Gasteiger partial charge in [-0.05, 0) is 31.9 Å². The van der Waals surface area contributed by atoms with E-state index in [9.17, 15) is 4.79 Å². The Labute approximate surface area is 104 Å². The summed E-state index contributed by atoms with van der Waals surface area (Å²) in [4.78, 5) is 20.2. The zero-order valence-corrected chi connectivity index (χ0v) is 9.97. The molecule has 1 saturated carbocycles. The van der Waals surface area contributed by atoms with Gasteiger partial charge in [0.15, 0.2) is 0 Å². The zero-order valence-electron chi connectivity index (χ0n) is 9.97. The minimum atomic E-state index is -0.311. The standard InChI is InChI=1S/C12H13N5O/c1-7-9(3-2-6-13-7)14-12(18)11-15-10(16-17-11)8-4-5-8/h2-3,6,8H,4-5H2,1H3,(H,14,18)(H,15,16,17). The van der Waals surface area contributed by atoms with Crippen molar-refractivity contribution < 1.29 is 4.79 Å². The number of hydrogen-bond acceptors (Lipinski definition) is 4. The van der Waals surface area contributed by atoms with E-state index < -0.39 is 0 Å². The largest absolute Gasteiger partial charge is 0.318 e. The monoisotopic (exact) mass is 243 g/mol. The fourth-order valence-corrected chi connectivity index (χ4v) is 1.71. The number of hydrogen-bond donors (Lipinski definition) is 2. The molecule has 2 N–H and O–H groups in total. The van der Waals surface area contributed by atoms with E-state index in [1.807, 2.05) is 6.92 Å². The average molecular weight is 243 g/mol. The Kier molecular flexibility index (Phi) is 2.55. The van der Waals surface area contributed by atoms with E-state index in [1.54, 1.807) is 18.3 Å². The van der Waals surface area contributed by atoms with Crippen LogP contribution >= 0.6 is 0 Å². The van der Waals surface area contributed by atoms with E-state index in [2.05, 4.69) is 25.5 Å². The Morgan fingerprint density at radius 3 is 3.06 bits per heavy atom. The highest BCUT2D eigenvalue weighted by Gasteiger charge is 2.28. The van der Waals surface area contributed by atoms with Gasteiger partial charge in [0.25, 0.3) is 5.91 Å². The maximum Gasteiger partial charge on any atom is 0.295 e. The van der Waals surface area contributed by atoms with Crippen LogP contribution in [0.5, 0.6) is 0 Å². The summed E-state index contributed by atoms with van der Waals surface area (Å²) in [5.41, 5.74) is 1.45. The third-order valence-corrected chi connectivity index (χ3v) is 2.92. The first-order valence-electron chi connectivity index (χ1n) is 5.89. The summed E-state index contributed by atoms with van der Waals surface area (Å²) in [5, 5.41) is 9.50. The molecule has 0 saturated heterocycles. The maximum absolute atomic E-state index is 11.9. The van der Waals surface area contributed by atoms with Gasteiger partial charge in [-0.3, -0.25) is 14.9 Å². The van der Waals surface area contributed by atoms with E-state index in [4.69, 9.17) is 0 Å². The molecule has 0 atom stereocenters. The fourth-order valence-electron chi connectivity index (χ4n) is 1.71. The first kappa shape index (κ1) is 10.9. The van der Waals surface area contributed by atoms with Gasteiger partial charge >= 0.3 is 0 Å². The van der Waals surface area contributed by atoms with Crippen molar-refractivity contribution in [3.05, 3.63) is 35.7 Å². The van der Waals surface area contributed by atoms with Crippen LogP contribution in [0.1, 0.15) is 40.9 Å². The molecule has 6 heteroatoms. The number of aromatic amines is 1. The Balaban J connectivity index is 1.76.